The van der Waals surface area contributed by atoms with Gasteiger partial charge in [0.05, 0.1) is 51.9 Å². The summed E-state index contributed by atoms with van der Waals surface area (Å²) < 4.78 is 42.6. The minimum absolute atomic E-state index is 0.0546. The Labute approximate surface area is 286 Å². The van der Waals surface area contributed by atoms with E-state index in [-0.39, 0.29) is 43.4 Å². The third-order valence-corrected chi connectivity index (χ3v) is 8.75. The maximum absolute atomic E-state index is 13.4. The fourth-order valence-corrected chi connectivity index (χ4v) is 5.31. The van der Waals surface area contributed by atoms with Crippen molar-refractivity contribution in [2.24, 2.45) is 5.73 Å². The van der Waals surface area contributed by atoms with Gasteiger partial charge < -0.3 is 35.7 Å². The molecule has 0 radical (unpaired) electrons. The van der Waals surface area contributed by atoms with E-state index in [4.69, 9.17) is 19.9 Å². The quantitative estimate of drug-likeness (QED) is 0.120. The molecule has 0 saturated carbocycles. The van der Waals surface area contributed by atoms with E-state index in [1.54, 1.807) is 43.5 Å². The maximum Gasteiger partial charge on any atom is 0.252 e. The topological polar surface area (TPSA) is 170 Å². The lowest BCUT2D eigenvalue weighted by Gasteiger charge is -2.27. The van der Waals surface area contributed by atoms with Crippen molar-refractivity contribution in [2.75, 3.05) is 43.2 Å². The Morgan fingerprint density at radius 3 is 2.02 bits per heavy atom. The number of hydrogen-bond acceptors (Lipinski definition) is 9. The minimum atomic E-state index is -3.72. The molecule has 0 heterocycles. The van der Waals surface area contributed by atoms with Gasteiger partial charge in [0.2, 0.25) is 15.9 Å². The molecule has 0 fully saturated rings. The number of carbonyl (C=O) groups excluding carboxylic acids is 2. The molecule has 260 valence electrons. The van der Waals surface area contributed by atoms with Crippen LogP contribution in [0.25, 0.3) is 0 Å². The van der Waals surface area contributed by atoms with Crippen LogP contribution in [0.5, 0.6) is 5.75 Å². The Morgan fingerprint density at radius 2 is 1.45 bits per heavy atom. The van der Waals surface area contributed by atoms with Crippen LogP contribution < -0.4 is 25.4 Å². The second-order valence-corrected chi connectivity index (χ2v) is 13.6. The van der Waals surface area contributed by atoms with Crippen LogP contribution in [0.1, 0.15) is 39.6 Å². The molecule has 4 aromatic carbocycles. The molecule has 1 unspecified atom stereocenters. The summed E-state index contributed by atoms with van der Waals surface area (Å²) >= 11 is 0. The Morgan fingerprint density at radius 1 is 0.878 bits per heavy atom. The normalized spacial score (nSPS) is 13.2. The van der Waals surface area contributed by atoms with Gasteiger partial charge in [-0.15, -0.1) is 0 Å². The summed E-state index contributed by atoms with van der Waals surface area (Å²) in [5.74, 6) is -0.517. The number of anilines is 2. The highest BCUT2D eigenvalue weighted by Crippen LogP contribution is 2.25. The Balaban J connectivity index is 1.51. The molecule has 0 aliphatic heterocycles. The fraction of sp³-hybridized carbons (Fsp3) is 0.278. The zero-order valence-corrected chi connectivity index (χ0v) is 28.5. The lowest BCUT2D eigenvalue weighted by atomic mass is 10.0. The summed E-state index contributed by atoms with van der Waals surface area (Å²) in [6, 6.07) is 29.7. The molecule has 0 saturated heterocycles. The minimum Gasteiger partial charge on any atom is -0.497 e. The molecule has 4 rings (SSSR count). The van der Waals surface area contributed by atoms with Crippen LogP contribution >= 0.6 is 0 Å². The molecule has 49 heavy (non-hydrogen) atoms. The first-order chi connectivity index (χ1) is 23.3. The van der Waals surface area contributed by atoms with E-state index < -0.39 is 40.0 Å². The average Bonchev–Trinajstić information content (AvgIpc) is 3.08. The van der Waals surface area contributed by atoms with Crippen LogP contribution in [0, 0.1) is 0 Å². The number of sulfonamides is 1. The molecule has 0 aliphatic carbocycles. The molecule has 5 N–H and O–H groups in total. The highest BCUT2D eigenvalue weighted by Gasteiger charge is 2.32. The predicted octanol–water partition coefficient (Wildman–Crippen LogP) is 3.97. The van der Waals surface area contributed by atoms with Gasteiger partial charge in [0, 0.05) is 18.3 Å². The average molecular weight is 691 g/mol. The number of aliphatic hydroxyl groups is 1. The summed E-state index contributed by atoms with van der Waals surface area (Å²) in [4.78, 5) is 26.7. The Bertz CT molecular complexity index is 1790. The first kappa shape index (κ1) is 37.0. The van der Waals surface area contributed by atoms with Crippen molar-refractivity contribution >= 4 is 33.2 Å². The van der Waals surface area contributed by atoms with Gasteiger partial charge in [-0.25, -0.2) is 8.42 Å². The summed E-state index contributed by atoms with van der Waals surface area (Å²) in [7, 11) is -0.822. The van der Waals surface area contributed by atoms with Crippen molar-refractivity contribution in [2.45, 2.75) is 31.4 Å². The second-order valence-electron chi connectivity index (χ2n) is 11.6. The van der Waals surface area contributed by atoms with Crippen molar-refractivity contribution < 1.29 is 37.3 Å². The fourth-order valence-electron chi connectivity index (χ4n) is 4.82. The van der Waals surface area contributed by atoms with Gasteiger partial charge >= 0.3 is 0 Å². The second kappa shape index (κ2) is 17.0. The summed E-state index contributed by atoms with van der Waals surface area (Å²) in [5.41, 5.74) is 7.15. The van der Waals surface area contributed by atoms with Gasteiger partial charge in [0.1, 0.15) is 17.5 Å². The number of methoxy groups -OCH3 is 1. The number of rotatable bonds is 17. The first-order valence-corrected chi connectivity index (χ1v) is 17.2. The van der Waals surface area contributed by atoms with Gasteiger partial charge in [-0.2, -0.15) is 0 Å². The van der Waals surface area contributed by atoms with Gasteiger partial charge in [-0.3, -0.25) is 13.9 Å². The van der Waals surface area contributed by atoms with E-state index in [0.717, 1.165) is 21.7 Å². The summed E-state index contributed by atoms with van der Waals surface area (Å²) in [6.45, 7) is -0.0915. The van der Waals surface area contributed by atoms with Crippen molar-refractivity contribution in [3.05, 3.63) is 125 Å². The molecular formula is C36H42N4O8S. The van der Waals surface area contributed by atoms with Gasteiger partial charge in [-0.1, -0.05) is 72.8 Å². The van der Waals surface area contributed by atoms with Crippen LogP contribution in [0.15, 0.2) is 103 Å². The molecule has 0 aromatic heterocycles. The van der Waals surface area contributed by atoms with Crippen molar-refractivity contribution in [3.63, 3.8) is 0 Å². The van der Waals surface area contributed by atoms with E-state index in [0.29, 0.717) is 11.3 Å². The number of carbonyl (C=O) groups is 2. The first-order valence-electron chi connectivity index (χ1n) is 15.4. The molecule has 0 bridgehead atoms. The number of benzene rings is 4. The zero-order chi connectivity index (χ0) is 35.4. The van der Waals surface area contributed by atoms with Crippen molar-refractivity contribution in [3.8, 4) is 5.75 Å². The summed E-state index contributed by atoms with van der Waals surface area (Å²) in [5, 5.41) is 17.0. The molecule has 0 aliphatic rings. The molecule has 12 nitrogen and oxygen atoms in total. The van der Waals surface area contributed by atoms with Crippen LogP contribution in [0.2, 0.25) is 0 Å². The molecule has 4 aromatic rings. The monoisotopic (exact) mass is 690 g/mol. The Kier molecular flexibility index (Phi) is 12.9. The number of hydrogen-bond donors (Lipinski definition) is 4. The lowest BCUT2D eigenvalue weighted by molar-refractivity contribution is -0.134. The molecule has 2 amide bonds. The predicted molar refractivity (Wildman–Crippen MR) is 187 cm³/mol. The number of amides is 2. The van der Waals surface area contributed by atoms with Crippen molar-refractivity contribution in [1.29, 1.82) is 0 Å². The standard InChI is InChI=1S/C36H42N4O8S/c1-40(49(3,44)45)31-19-29(35(42)39-34(37)28-12-8-5-9-13-28)18-30(20-31)38-33(41)21-36(43,24-47-22-26-10-6-4-7-11-26)25-48-23-27-14-16-32(46-2)17-15-27/h4-20,34,43H,21-25,37H2,1-3H3,(H,38,41)(H,39,42)/t34-,36?/m0/s1. The van der Waals surface area contributed by atoms with Crippen LogP contribution in [0.4, 0.5) is 11.4 Å². The lowest BCUT2D eigenvalue weighted by Crippen LogP contribution is -2.43. The van der Waals surface area contributed by atoms with E-state index in [2.05, 4.69) is 10.6 Å². The molecular weight excluding hydrogens is 648 g/mol. The van der Waals surface area contributed by atoms with E-state index in [1.165, 1.54) is 25.2 Å². The van der Waals surface area contributed by atoms with Gasteiger partial charge in [0.15, 0.2) is 0 Å². The zero-order valence-electron chi connectivity index (χ0n) is 27.7. The maximum atomic E-state index is 13.4. The molecule has 0 spiro atoms. The molecule has 2 atom stereocenters. The third-order valence-electron chi connectivity index (χ3n) is 7.54. The smallest absolute Gasteiger partial charge is 0.252 e. The molecule has 13 heteroatoms. The third kappa shape index (κ3) is 11.4. The summed E-state index contributed by atoms with van der Waals surface area (Å²) in [6.07, 6.45) is -0.256. The van der Waals surface area contributed by atoms with Gasteiger partial charge in [0.25, 0.3) is 5.91 Å². The largest absolute Gasteiger partial charge is 0.497 e. The van der Waals surface area contributed by atoms with Crippen molar-refractivity contribution in [1.82, 2.24) is 5.32 Å². The SMILES string of the molecule is COc1ccc(COCC(O)(COCc2ccccc2)CC(=O)Nc2cc(C(=O)N[C@H](N)c3ccccc3)cc(N(C)S(C)(=O)=O)c2)cc1. The van der Waals surface area contributed by atoms with E-state index in [1.807, 2.05) is 48.5 Å². The number of nitrogens with zero attached hydrogens (tertiary/aromatic N) is 1. The van der Waals surface area contributed by atoms with Crippen LogP contribution in [-0.4, -0.2) is 64.6 Å². The number of ether oxygens (including phenoxy) is 3. The van der Waals surface area contributed by atoms with Crippen LogP contribution in [-0.2, 0) is 37.5 Å². The van der Waals surface area contributed by atoms with E-state index >= 15 is 0 Å². The van der Waals surface area contributed by atoms with E-state index in [9.17, 15) is 23.1 Å². The highest BCUT2D eigenvalue weighted by molar-refractivity contribution is 7.92. The van der Waals surface area contributed by atoms with Gasteiger partial charge in [-0.05, 0) is 47.0 Å². The highest BCUT2D eigenvalue weighted by atomic mass is 32.2. The number of nitrogens with two attached hydrogens (primary N) is 1. The van der Waals surface area contributed by atoms with Crippen LogP contribution in [0.3, 0.4) is 0 Å². The Hall–Kier alpha value is -4.79. The number of nitrogens with one attached hydrogen (secondary N) is 2.